The molecule has 2 fully saturated rings. The van der Waals surface area contributed by atoms with Crippen LogP contribution in [0.15, 0.2) is 12.4 Å². The number of aromatic nitrogens is 2. The first-order valence-corrected chi connectivity index (χ1v) is 9.07. The summed E-state index contributed by atoms with van der Waals surface area (Å²) in [6, 6.07) is 0.138. The Morgan fingerprint density at radius 2 is 2.05 bits per heavy atom. The Morgan fingerprint density at radius 3 is 2.71 bits per heavy atom. The maximum absolute atomic E-state index is 12.1. The zero-order chi connectivity index (χ0) is 14.9. The summed E-state index contributed by atoms with van der Waals surface area (Å²) in [4.78, 5) is 11.9. The van der Waals surface area contributed by atoms with Gasteiger partial charge in [-0.25, -0.2) is 13.4 Å². The minimum absolute atomic E-state index is 0.0608. The molecule has 1 aromatic rings. The quantitative estimate of drug-likeness (QED) is 0.777. The van der Waals surface area contributed by atoms with Crippen molar-refractivity contribution < 1.29 is 13.2 Å². The standard InChI is InChI=1S/C13H22N4O3S/c1-20-7-6-16-4-5-17(8-13-14-2-3-15-13)12-10-21(18,19)9-11(12)16/h2-3,11-12H,4-10H2,1H3,(H,14,15)/t11-,12+/m0/s1. The minimum atomic E-state index is -2.95. The Hall–Kier alpha value is -0.960. The van der Waals surface area contributed by atoms with Crippen molar-refractivity contribution in [2.45, 2.75) is 18.6 Å². The molecule has 2 saturated heterocycles. The average Bonchev–Trinajstić information content (AvgIpc) is 3.04. The smallest absolute Gasteiger partial charge is 0.153 e. The number of methoxy groups -OCH3 is 1. The van der Waals surface area contributed by atoms with Crippen LogP contribution in [0.3, 0.4) is 0 Å². The molecule has 8 heteroatoms. The number of imidazole rings is 1. The van der Waals surface area contributed by atoms with Gasteiger partial charge in [0.1, 0.15) is 5.82 Å². The van der Waals surface area contributed by atoms with E-state index in [1.54, 1.807) is 19.5 Å². The van der Waals surface area contributed by atoms with Gasteiger partial charge in [0, 0.05) is 51.2 Å². The third kappa shape index (κ3) is 3.28. The lowest BCUT2D eigenvalue weighted by Gasteiger charge is -2.43. The number of sulfone groups is 1. The number of nitrogens with zero attached hydrogens (tertiary/aromatic N) is 3. The van der Waals surface area contributed by atoms with Gasteiger partial charge in [0.2, 0.25) is 0 Å². The molecule has 0 aliphatic carbocycles. The molecule has 1 aromatic heterocycles. The van der Waals surface area contributed by atoms with Crippen LogP contribution in [0.5, 0.6) is 0 Å². The van der Waals surface area contributed by atoms with Crippen molar-refractivity contribution in [1.82, 2.24) is 19.8 Å². The third-order valence-corrected chi connectivity index (χ3v) is 6.10. The topological polar surface area (TPSA) is 78.5 Å². The van der Waals surface area contributed by atoms with Crippen molar-refractivity contribution in [2.75, 3.05) is 44.9 Å². The van der Waals surface area contributed by atoms with Gasteiger partial charge >= 0.3 is 0 Å². The van der Waals surface area contributed by atoms with E-state index in [-0.39, 0.29) is 23.6 Å². The summed E-state index contributed by atoms with van der Waals surface area (Å²) in [6.45, 7) is 3.85. The van der Waals surface area contributed by atoms with E-state index in [4.69, 9.17) is 4.74 Å². The molecule has 7 nitrogen and oxygen atoms in total. The fourth-order valence-electron chi connectivity index (χ4n) is 3.36. The van der Waals surface area contributed by atoms with E-state index >= 15 is 0 Å². The van der Waals surface area contributed by atoms with Crippen LogP contribution in [0.4, 0.5) is 0 Å². The number of ether oxygens (including phenoxy) is 1. The van der Waals surface area contributed by atoms with Crippen molar-refractivity contribution in [3.05, 3.63) is 18.2 Å². The van der Waals surface area contributed by atoms with Gasteiger partial charge in [0.25, 0.3) is 0 Å². The number of hydrogen-bond donors (Lipinski definition) is 1. The lowest BCUT2D eigenvalue weighted by Crippen LogP contribution is -2.59. The molecule has 2 atom stereocenters. The van der Waals surface area contributed by atoms with Gasteiger partial charge in [-0.05, 0) is 0 Å². The molecule has 3 heterocycles. The summed E-state index contributed by atoms with van der Waals surface area (Å²) in [7, 11) is -1.28. The van der Waals surface area contributed by atoms with E-state index in [0.29, 0.717) is 13.2 Å². The average molecular weight is 314 g/mol. The maximum Gasteiger partial charge on any atom is 0.153 e. The van der Waals surface area contributed by atoms with Gasteiger partial charge < -0.3 is 9.72 Å². The van der Waals surface area contributed by atoms with Crippen molar-refractivity contribution in [3.63, 3.8) is 0 Å². The zero-order valence-electron chi connectivity index (χ0n) is 12.2. The van der Waals surface area contributed by atoms with E-state index < -0.39 is 9.84 Å². The number of aromatic amines is 1. The first kappa shape index (κ1) is 15.0. The van der Waals surface area contributed by atoms with Crippen LogP contribution in [-0.4, -0.2) is 85.1 Å². The number of piperazine rings is 1. The van der Waals surface area contributed by atoms with Crippen LogP contribution in [0, 0.1) is 0 Å². The summed E-state index contributed by atoms with van der Waals surface area (Å²) in [5.41, 5.74) is 0. The predicted octanol–water partition coefficient (Wildman–Crippen LogP) is -0.661. The number of hydrogen-bond acceptors (Lipinski definition) is 6. The first-order chi connectivity index (χ1) is 10.1. The van der Waals surface area contributed by atoms with Crippen molar-refractivity contribution in [2.24, 2.45) is 0 Å². The third-order valence-electron chi connectivity index (χ3n) is 4.40. The summed E-state index contributed by atoms with van der Waals surface area (Å²) < 4.78 is 29.2. The Bertz CT molecular complexity index is 560. The van der Waals surface area contributed by atoms with Gasteiger partial charge in [-0.2, -0.15) is 0 Å². The van der Waals surface area contributed by atoms with E-state index in [0.717, 1.165) is 25.5 Å². The summed E-state index contributed by atoms with van der Waals surface area (Å²) in [5, 5.41) is 0. The molecule has 0 spiro atoms. The molecule has 0 radical (unpaired) electrons. The van der Waals surface area contributed by atoms with Crippen LogP contribution >= 0.6 is 0 Å². The first-order valence-electron chi connectivity index (χ1n) is 7.25. The SMILES string of the molecule is COCCN1CCN(Cc2ncc[nH]2)[C@@H]2CS(=O)(=O)C[C@@H]21. The second-order valence-electron chi connectivity index (χ2n) is 5.75. The highest BCUT2D eigenvalue weighted by molar-refractivity contribution is 7.91. The van der Waals surface area contributed by atoms with Crippen LogP contribution in [0.25, 0.3) is 0 Å². The Labute approximate surface area is 125 Å². The fourth-order valence-corrected chi connectivity index (χ4v) is 5.40. The number of nitrogens with one attached hydrogen (secondary N) is 1. The molecule has 0 unspecified atom stereocenters. The van der Waals surface area contributed by atoms with Crippen LogP contribution < -0.4 is 0 Å². The maximum atomic E-state index is 12.1. The van der Waals surface area contributed by atoms with Crippen LogP contribution in [-0.2, 0) is 21.1 Å². The number of rotatable bonds is 5. The normalized spacial score (nSPS) is 29.6. The van der Waals surface area contributed by atoms with Gasteiger partial charge in [-0.15, -0.1) is 0 Å². The van der Waals surface area contributed by atoms with E-state index in [1.807, 2.05) is 0 Å². The van der Waals surface area contributed by atoms with Crippen molar-refractivity contribution in [3.8, 4) is 0 Å². The van der Waals surface area contributed by atoms with Crippen molar-refractivity contribution >= 4 is 9.84 Å². The Morgan fingerprint density at radius 1 is 1.33 bits per heavy atom. The molecule has 2 aliphatic heterocycles. The highest BCUT2D eigenvalue weighted by atomic mass is 32.2. The summed E-state index contributed by atoms with van der Waals surface area (Å²) >= 11 is 0. The van der Waals surface area contributed by atoms with Crippen LogP contribution in [0.2, 0.25) is 0 Å². The molecule has 2 aliphatic rings. The second-order valence-corrected chi connectivity index (χ2v) is 7.90. The predicted molar refractivity (Wildman–Crippen MR) is 78.7 cm³/mol. The monoisotopic (exact) mass is 314 g/mol. The van der Waals surface area contributed by atoms with E-state index in [2.05, 4.69) is 19.8 Å². The van der Waals surface area contributed by atoms with E-state index in [1.165, 1.54) is 0 Å². The highest BCUT2D eigenvalue weighted by Crippen LogP contribution is 2.27. The van der Waals surface area contributed by atoms with Gasteiger partial charge in [0.15, 0.2) is 9.84 Å². The largest absolute Gasteiger partial charge is 0.383 e. The highest BCUT2D eigenvalue weighted by Gasteiger charge is 2.46. The van der Waals surface area contributed by atoms with Gasteiger partial charge in [-0.3, -0.25) is 9.80 Å². The molecule has 1 N–H and O–H groups in total. The lowest BCUT2D eigenvalue weighted by molar-refractivity contribution is 0.0241. The lowest BCUT2D eigenvalue weighted by atomic mass is 10.0. The molecular weight excluding hydrogens is 292 g/mol. The molecule has 3 rings (SSSR count). The molecule has 118 valence electrons. The second kappa shape index (κ2) is 6.04. The Kier molecular flexibility index (Phi) is 4.30. The van der Waals surface area contributed by atoms with Crippen LogP contribution in [0.1, 0.15) is 5.82 Å². The molecule has 0 saturated carbocycles. The molecule has 21 heavy (non-hydrogen) atoms. The van der Waals surface area contributed by atoms with E-state index in [9.17, 15) is 8.42 Å². The van der Waals surface area contributed by atoms with Gasteiger partial charge in [0.05, 0.1) is 24.7 Å². The molecular formula is C13H22N4O3S. The number of H-pyrrole nitrogens is 1. The molecule has 0 bridgehead atoms. The molecule has 0 amide bonds. The summed E-state index contributed by atoms with van der Waals surface area (Å²) in [6.07, 6.45) is 3.53. The zero-order valence-corrected chi connectivity index (χ0v) is 13.1. The summed E-state index contributed by atoms with van der Waals surface area (Å²) in [5.74, 6) is 1.40. The number of fused-ring (bicyclic) bond motifs is 1. The van der Waals surface area contributed by atoms with Crippen molar-refractivity contribution in [1.29, 1.82) is 0 Å². The van der Waals surface area contributed by atoms with Gasteiger partial charge in [-0.1, -0.05) is 0 Å². The minimum Gasteiger partial charge on any atom is -0.383 e. The fraction of sp³-hybridized carbons (Fsp3) is 0.769. The Balaban J connectivity index is 1.74. The molecule has 0 aromatic carbocycles.